The summed E-state index contributed by atoms with van der Waals surface area (Å²) >= 11 is 0. The van der Waals surface area contributed by atoms with Crippen LogP contribution in [-0.4, -0.2) is 34.0 Å². The van der Waals surface area contributed by atoms with Gasteiger partial charge in [-0.1, -0.05) is 0 Å². The molecule has 1 aliphatic rings. The van der Waals surface area contributed by atoms with Crippen LogP contribution in [0.1, 0.15) is 35.7 Å². The van der Waals surface area contributed by atoms with Crippen LogP contribution >= 0.6 is 0 Å². The standard InChI is InChI=1S/C14H16FNO3/c1-8-5-10(7-11(15)6-8)13(17)16(12-3-4-12)9(2)14(18)19/h5-7,9,12H,3-4H2,1-2H3,(H,18,19). The Labute approximate surface area is 110 Å². The Kier molecular flexibility index (Phi) is 3.55. The summed E-state index contributed by atoms with van der Waals surface area (Å²) in [7, 11) is 0. The summed E-state index contributed by atoms with van der Waals surface area (Å²) in [6, 6.07) is 3.12. The van der Waals surface area contributed by atoms with Crippen LogP contribution in [0, 0.1) is 12.7 Å². The SMILES string of the molecule is Cc1cc(F)cc(C(=O)N(C2CC2)C(C)C(=O)O)c1. The Balaban J connectivity index is 2.31. The molecule has 19 heavy (non-hydrogen) atoms. The number of rotatable bonds is 4. The molecule has 1 aromatic carbocycles. The zero-order valence-corrected chi connectivity index (χ0v) is 10.9. The van der Waals surface area contributed by atoms with E-state index in [4.69, 9.17) is 5.11 Å². The highest BCUT2D eigenvalue weighted by Crippen LogP contribution is 2.30. The normalized spacial score (nSPS) is 15.9. The maximum atomic E-state index is 13.3. The Morgan fingerprint density at radius 2 is 2.00 bits per heavy atom. The van der Waals surface area contributed by atoms with Gasteiger partial charge < -0.3 is 10.0 Å². The number of aryl methyl sites for hydroxylation is 1. The number of aliphatic carboxylic acids is 1. The molecule has 0 aliphatic heterocycles. The van der Waals surface area contributed by atoms with Crippen molar-refractivity contribution >= 4 is 11.9 Å². The van der Waals surface area contributed by atoms with Gasteiger partial charge in [0.05, 0.1) is 0 Å². The fourth-order valence-electron chi connectivity index (χ4n) is 2.14. The smallest absolute Gasteiger partial charge is 0.326 e. The van der Waals surface area contributed by atoms with Crippen LogP contribution in [0.5, 0.6) is 0 Å². The van der Waals surface area contributed by atoms with E-state index < -0.39 is 23.7 Å². The van der Waals surface area contributed by atoms with Gasteiger partial charge in [0.25, 0.3) is 5.91 Å². The number of benzene rings is 1. The van der Waals surface area contributed by atoms with E-state index in [1.165, 1.54) is 17.9 Å². The van der Waals surface area contributed by atoms with Gasteiger partial charge in [0.1, 0.15) is 11.9 Å². The third-order valence-corrected chi connectivity index (χ3v) is 3.24. The average Bonchev–Trinajstić information content (AvgIpc) is 3.12. The minimum Gasteiger partial charge on any atom is -0.480 e. The number of carbonyl (C=O) groups excluding carboxylic acids is 1. The minimum atomic E-state index is -1.05. The average molecular weight is 265 g/mol. The van der Waals surface area contributed by atoms with Gasteiger partial charge in [0, 0.05) is 11.6 Å². The van der Waals surface area contributed by atoms with Crippen molar-refractivity contribution in [1.29, 1.82) is 0 Å². The van der Waals surface area contributed by atoms with Crippen LogP contribution < -0.4 is 0 Å². The second kappa shape index (κ2) is 4.99. The Morgan fingerprint density at radius 3 is 2.47 bits per heavy atom. The van der Waals surface area contributed by atoms with E-state index in [1.54, 1.807) is 13.0 Å². The second-order valence-corrected chi connectivity index (χ2v) is 4.98. The number of carboxylic acid groups (broad SMARTS) is 1. The molecule has 4 nitrogen and oxygen atoms in total. The summed E-state index contributed by atoms with van der Waals surface area (Å²) in [5.74, 6) is -1.95. The van der Waals surface area contributed by atoms with Crippen molar-refractivity contribution in [3.05, 3.63) is 35.1 Å². The van der Waals surface area contributed by atoms with Gasteiger partial charge in [-0.05, 0) is 50.5 Å². The predicted octanol–water partition coefficient (Wildman–Crippen LogP) is 2.21. The van der Waals surface area contributed by atoms with Gasteiger partial charge >= 0.3 is 5.97 Å². The van der Waals surface area contributed by atoms with Gasteiger partial charge in [-0.2, -0.15) is 0 Å². The van der Waals surface area contributed by atoms with Gasteiger partial charge in [-0.3, -0.25) is 4.79 Å². The molecule has 1 fully saturated rings. The first-order chi connectivity index (χ1) is 8.90. The molecule has 0 bridgehead atoms. The van der Waals surface area contributed by atoms with Crippen molar-refractivity contribution in [2.24, 2.45) is 0 Å². The highest BCUT2D eigenvalue weighted by molar-refractivity contribution is 5.97. The molecule has 0 radical (unpaired) electrons. The quantitative estimate of drug-likeness (QED) is 0.908. The van der Waals surface area contributed by atoms with E-state index in [-0.39, 0.29) is 11.6 Å². The summed E-state index contributed by atoms with van der Waals surface area (Å²) in [6.07, 6.45) is 1.61. The predicted molar refractivity (Wildman–Crippen MR) is 67.4 cm³/mol. The Bertz CT molecular complexity index is 505. The third-order valence-electron chi connectivity index (χ3n) is 3.24. The van der Waals surface area contributed by atoms with E-state index in [9.17, 15) is 14.0 Å². The van der Waals surface area contributed by atoms with Crippen LogP contribution in [0.3, 0.4) is 0 Å². The summed E-state index contributed by atoms with van der Waals surface area (Å²) < 4.78 is 13.3. The minimum absolute atomic E-state index is 0.0397. The van der Waals surface area contributed by atoms with E-state index in [1.807, 2.05) is 0 Å². The van der Waals surface area contributed by atoms with Crippen molar-refractivity contribution in [2.45, 2.75) is 38.8 Å². The summed E-state index contributed by atoms with van der Waals surface area (Å²) in [6.45, 7) is 3.17. The lowest BCUT2D eigenvalue weighted by Crippen LogP contribution is -2.44. The number of hydrogen-bond donors (Lipinski definition) is 1. The molecule has 1 N–H and O–H groups in total. The summed E-state index contributed by atoms with van der Waals surface area (Å²) in [4.78, 5) is 24.8. The fourth-order valence-corrected chi connectivity index (χ4v) is 2.14. The first kappa shape index (κ1) is 13.5. The number of carboxylic acids is 1. The monoisotopic (exact) mass is 265 g/mol. The lowest BCUT2D eigenvalue weighted by atomic mass is 10.1. The number of amides is 1. The molecule has 0 aromatic heterocycles. The molecule has 1 aliphatic carbocycles. The van der Waals surface area contributed by atoms with Crippen LogP contribution in [0.15, 0.2) is 18.2 Å². The molecule has 0 heterocycles. The highest BCUT2D eigenvalue weighted by Gasteiger charge is 2.38. The van der Waals surface area contributed by atoms with E-state index in [0.717, 1.165) is 18.9 Å². The van der Waals surface area contributed by atoms with Crippen LogP contribution in [-0.2, 0) is 4.79 Å². The lowest BCUT2D eigenvalue weighted by molar-refractivity contribution is -0.141. The third kappa shape index (κ3) is 2.92. The molecule has 1 aromatic rings. The summed E-state index contributed by atoms with van der Waals surface area (Å²) in [5.41, 5.74) is 0.847. The molecule has 1 amide bonds. The lowest BCUT2D eigenvalue weighted by Gasteiger charge is -2.26. The van der Waals surface area contributed by atoms with Crippen LogP contribution in [0.2, 0.25) is 0 Å². The molecule has 1 saturated carbocycles. The van der Waals surface area contributed by atoms with Gasteiger partial charge in [0.2, 0.25) is 0 Å². The molecule has 1 atom stereocenters. The Hall–Kier alpha value is -1.91. The molecule has 0 spiro atoms. The van der Waals surface area contributed by atoms with Gasteiger partial charge in [-0.15, -0.1) is 0 Å². The van der Waals surface area contributed by atoms with Crippen LogP contribution in [0.4, 0.5) is 4.39 Å². The van der Waals surface area contributed by atoms with Crippen molar-refractivity contribution in [3.8, 4) is 0 Å². The highest BCUT2D eigenvalue weighted by atomic mass is 19.1. The van der Waals surface area contributed by atoms with Crippen molar-refractivity contribution in [3.63, 3.8) is 0 Å². The molecular formula is C14H16FNO3. The topological polar surface area (TPSA) is 57.6 Å². The molecule has 2 rings (SSSR count). The zero-order chi connectivity index (χ0) is 14.2. The molecule has 0 saturated heterocycles. The van der Waals surface area contributed by atoms with Crippen molar-refractivity contribution < 1.29 is 19.1 Å². The molecule has 102 valence electrons. The molecule has 1 unspecified atom stereocenters. The van der Waals surface area contributed by atoms with Crippen LogP contribution in [0.25, 0.3) is 0 Å². The first-order valence-electron chi connectivity index (χ1n) is 6.23. The van der Waals surface area contributed by atoms with Gasteiger partial charge in [0.15, 0.2) is 0 Å². The first-order valence-corrected chi connectivity index (χ1v) is 6.23. The van der Waals surface area contributed by atoms with Gasteiger partial charge in [-0.25, -0.2) is 9.18 Å². The molecular weight excluding hydrogens is 249 g/mol. The van der Waals surface area contributed by atoms with Crippen molar-refractivity contribution in [2.75, 3.05) is 0 Å². The summed E-state index contributed by atoms with van der Waals surface area (Å²) in [5, 5.41) is 9.07. The largest absolute Gasteiger partial charge is 0.480 e. The maximum absolute atomic E-state index is 13.3. The number of carbonyl (C=O) groups is 2. The number of nitrogens with zero attached hydrogens (tertiary/aromatic N) is 1. The Morgan fingerprint density at radius 1 is 1.37 bits per heavy atom. The number of halogens is 1. The van der Waals surface area contributed by atoms with E-state index >= 15 is 0 Å². The second-order valence-electron chi connectivity index (χ2n) is 4.98. The van der Waals surface area contributed by atoms with E-state index in [2.05, 4.69) is 0 Å². The van der Waals surface area contributed by atoms with E-state index in [0.29, 0.717) is 5.56 Å². The maximum Gasteiger partial charge on any atom is 0.326 e. The number of hydrogen-bond acceptors (Lipinski definition) is 2. The fraction of sp³-hybridized carbons (Fsp3) is 0.429. The molecule has 5 heteroatoms. The zero-order valence-electron chi connectivity index (χ0n) is 10.9. The van der Waals surface area contributed by atoms with Crippen molar-refractivity contribution in [1.82, 2.24) is 4.90 Å².